The van der Waals surface area contributed by atoms with Gasteiger partial charge in [-0.25, -0.2) is 13.8 Å². The number of benzene rings is 4. The molecule has 0 aliphatic rings. The first kappa shape index (κ1) is 59.8. The largest absolute Gasteiger partial charge is 0.481 e. The molecule has 68 heavy (non-hydrogen) atoms. The summed E-state index contributed by atoms with van der Waals surface area (Å²) in [6.45, 7) is 3.44. The number of carboxylic acid groups (broad SMARTS) is 1. The van der Waals surface area contributed by atoms with Crippen LogP contribution in [0.1, 0.15) is 54.9 Å². The lowest BCUT2D eigenvalue weighted by Gasteiger charge is -2.32. The number of hydrogen-bond acceptors (Lipinski definition) is 11. The van der Waals surface area contributed by atoms with E-state index in [0.29, 0.717) is 6.26 Å². The van der Waals surface area contributed by atoms with E-state index < -0.39 is 92.9 Å². The summed E-state index contributed by atoms with van der Waals surface area (Å²) in [5.74, 6) is -11.4. The molecule has 4 unspecified atom stereocenters. The number of ether oxygens (including phenoxy) is 3. The van der Waals surface area contributed by atoms with Crippen molar-refractivity contribution in [2.75, 3.05) is 26.1 Å². The molecule has 2 N–H and O–H groups in total. The highest BCUT2D eigenvalue weighted by atomic mass is 32.2. The average Bonchev–Trinajstić information content (AvgIpc) is 3.22. The number of hydrogen-bond donors (Lipinski definition) is 2. The minimum atomic E-state index is -5.33. The van der Waals surface area contributed by atoms with Crippen molar-refractivity contribution in [1.82, 2.24) is 0 Å². The number of aliphatic hydroxyl groups is 1. The first-order chi connectivity index (χ1) is 31.3. The Morgan fingerprint density at radius 2 is 0.853 bits per heavy atom. The van der Waals surface area contributed by atoms with Crippen LogP contribution in [0.5, 0.6) is 0 Å². The van der Waals surface area contributed by atoms with E-state index in [1.165, 1.54) is 99.6 Å². The SMILES string of the molecule is CCOC(=O)C(O)(c1ccccc1)C(F)(F)F.CCOC(=O)C(OS(C)(=O)=O)(c1ccccc1)C(F)(F)F.CCOC(=O)C(c1ccccc1)C(F)(F)F.O=C(O)C(c1ccccc1)C(F)(F)F. The molecule has 4 atom stereocenters. The molecular weight excluding hydrogens is 969 g/mol. The fourth-order valence-corrected chi connectivity index (χ4v) is 6.13. The molecule has 0 heterocycles. The van der Waals surface area contributed by atoms with E-state index in [-0.39, 0.29) is 30.9 Å². The summed E-state index contributed by atoms with van der Waals surface area (Å²) in [4.78, 5) is 44.9. The summed E-state index contributed by atoms with van der Waals surface area (Å²) < 4.78 is 193. The number of halogens is 12. The quantitative estimate of drug-likeness (QED) is 0.0562. The standard InChI is InChI=1S/C12H13F3O5S.C11H11F3O3.C11H11F3O2.C9H7F3O2/c1-3-19-10(16)11(12(13,14)15,20-21(2,17)18)9-7-5-4-6-8-9;1-2-17-9(15)10(16,11(12,13)14)8-6-4-3-5-7-8;1-2-16-10(15)9(11(12,13)14)8-6-4-3-5-7-8;10-9(11,12)7(8(13)14)6-4-2-1-3-5-6/h4-8H,3H2,1-2H3;3-7,16H,2H2,1H3;3-7,9H,2H2,1H3;1-5,7H,(H,13,14). The molecule has 25 heteroatoms. The zero-order chi connectivity index (χ0) is 52.4. The van der Waals surface area contributed by atoms with E-state index >= 15 is 0 Å². The van der Waals surface area contributed by atoms with Gasteiger partial charge >= 0.3 is 54.2 Å². The molecule has 0 fully saturated rings. The maximum absolute atomic E-state index is 13.5. The van der Waals surface area contributed by atoms with E-state index in [2.05, 4.69) is 18.4 Å². The van der Waals surface area contributed by atoms with Gasteiger partial charge in [-0.1, -0.05) is 121 Å². The molecule has 0 saturated carbocycles. The van der Waals surface area contributed by atoms with Gasteiger partial charge < -0.3 is 24.4 Å². The molecule has 0 radical (unpaired) electrons. The van der Waals surface area contributed by atoms with Crippen LogP contribution in [0.2, 0.25) is 0 Å². The van der Waals surface area contributed by atoms with E-state index in [0.717, 1.165) is 36.4 Å². The Balaban J connectivity index is 0.000000458. The summed E-state index contributed by atoms with van der Waals surface area (Å²) in [5.41, 5.74) is -8.95. The van der Waals surface area contributed by atoms with Gasteiger partial charge in [-0.2, -0.15) is 61.1 Å². The van der Waals surface area contributed by atoms with Crippen LogP contribution in [0.4, 0.5) is 52.7 Å². The first-order valence-corrected chi connectivity index (χ1v) is 20.9. The first-order valence-electron chi connectivity index (χ1n) is 19.1. The Morgan fingerprint density at radius 1 is 0.515 bits per heavy atom. The number of esters is 3. The number of aliphatic carboxylic acids is 1. The van der Waals surface area contributed by atoms with Crippen LogP contribution in [0, 0.1) is 0 Å². The topological polar surface area (TPSA) is 180 Å². The molecule has 0 aliphatic heterocycles. The van der Waals surface area contributed by atoms with Crippen LogP contribution < -0.4 is 0 Å². The molecule has 0 saturated heterocycles. The Bertz CT molecular complexity index is 2300. The smallest absolute Gasteiger partial charge is 0.434 e. The van der Waals surface area contributed by atoms with Crippen LogP contribution in [0.25, 0.3) is 0 Å². The number of carbonyl (C=O) groups is 4. The van der Waals surface area contributed by atoms with E-state index in [9.17, 15) is 85.4 Å². The fraction of sp³-hybridized carbons (Fsp3) is 0.349. The molecule has 4 aromatic carbocycles. The second-order valence-electron chi connectivity index (χ2n) is 13.2. The van der Waals surface area contributed by atoms with Gasteiger partial charge in [0, 0.05) is 11.1 Å². The predicted molar refractivity (Wildman–Crippen MR) is 215 cm³/mol. The van der Waals surface area contributed by atoms with Crippen molar-refractivity contribution in [3.63, 3.8) is 0 Å². The van der Waals surface area contributed by atoms with Crippen molar-refractivity contribution in [2.45, 2.75) is 68.5 Å². The van der Waals surface area contributed by atoms with Crippen molar-refractivity contribution in [1.29, 1.82) is 0 Å². The fourth-order valence-electron chi connectivity index (χ4n) is 5.42. The Kier molecular flexibility index (Phi) is 22.2. The predicted octanol–water partition coefficient (Wildman–Crippen LogP) is 9.30. The molecule has 0 bridgehead atoms. The Morgan fingerprint density at radius 3 is 1.16 bits per heavy atom. The van der Waals surface area contributed by atoms with E-state index in [1.807, 2.05) is 0 Å². The summed E-state index contributed by atoms with van der Waals surface area (Å²) in [6, 6.07) is 25.4. The molecule has 4 rings (SSSR count). The van der Waals surface area contributed by atoms with Gasteiger partial charge in [0.1, 0.15) is 0 Å². The van der Waals surface area contributed by atoms with Crippen LogP contribution in [0.15, 0.2) is 121 Å². The summed E-state index contributed by atoms with van der Waals surface area (Å²) >= 11 is 0. The zero-order valence-electron chi connectivity index (χ0n) is 35.7. The number of alkyl halides is 12. The molecule has 376 valence electrons. The lowest BCUT2D eigenvalue weighted by Crippen LogP contribution is -2.53. The summed E-state index contributed by atoms with van der Waals surface area (Å²) in [5, 5.41) is 18.1. The monoisotopic (exact) mass is 1010 g/mol. The minimum absolute atomic E-state index is 0.0712. The van der Waals surface area contributed by atoms with Gasteiger partial charge in [0.25, 0.3) is 15.7 Å². The third-order valence-electron chi connectivity index (χ3n) is 8.28. The molecule has 12 nitrogen and oxygen atoms in total. The molecular formula is C43H42F12O12S. The second kappa shape index (κ2) is 25.2. The normalized spacial score (nSPS) is 14.4. The zero-order valence-corrected chi connectivity index (χ0v) is 36.6. The number of rotatable bonds is 13. The number of carboxylic acids is 1. The second-order valence-corrected chi connectivity index (χ2v) is 14.8. The van der Waals surface area contributed by atoms with Crippen molar-refractivity contribution < 1.29 is 109 Å². The van der Waals surface area contributed by atoms with Crippen LogP contribution in [0.3, 0.4) is 0 Å². The maximum atomic E-state index is 13.5. The van der Waals surface area contributed by atoms with Crippen LogP contribution in [-0.2, 0) is 58.9 Å². The maximum Gasteiger partial charge on any atom is 0.434 e. The molecule has 0 aromatic heterocycles. The van der Waals surface area contributed by atoms with Crippen molar-refractivity contribution in [3.05, 3.63) is 144 Å². The Labute approximate surface area is 380 Å². The van der Waals surface area contributed by atoms with E-state index in [4.69, 9.17) is 5.11 Å². The molecule has 0 spiro atoms. The lowest BCUT2D eigenvalue weighted by atomic mass is 9.93. The molecule has 0 amide bonds. The highest BCUT2D eigenvalue weighted by Crippen LogP contribution is 2.45. The highest BCUT2D eigenvalue weighted by Gasteiger charge is 2.67. The van der Waals surface area contributed by atoms with Crippen molar-refractivity contribution in [3.8, 4) is 0 Å². The lowest BCUT2D eigenvalue weighted by molar-refractivity contribution is -0.268. The van der Waals surface area contributed by atoms with Gasteiger partial charge in [0.2, 0.25) is 0 Å². The van der Waals surface area contributed by atoms with Gasteiger partial charge in [-0.05, 0) is 31.9 Å². The third kappa shape index (κ3) is 16.8. The summed E-state index contributed by atoms with van der Waals surface area (Å²) in [7, 11) is -4.60. The summed E-state index contributed by atoms with van der Waals surface area (Å²) in [6.07, 6.45) is -19.4. The van der Waals surface area contributed by atoms with Crippen molar-refractivity contribution >= 4 is 34.0 Å². The average molecular weight is 1010 g/mol. The van der Waals surface area contributed by atoms with Crippen molar-refractivity contribution in [2.24, 2.45) is 0 Å². The van der Waals surface area contributed by atoms with Gasteiger partial charge in [0.05, 0.1) is 26.1 Å². The molecule has 0 aliphatic carbocycles. The molecule has 4 aromatic rings. The minimum Gasteiger partial charge on any atom is -0.481 e. The van der Waals surface area contributed by atoms with Gasteiger partial charge in [-0.3, -0.25) is 9.59 Å². The van der Waals surface area contributed by atoms with E-state index in [1.54, 1.807) is 6.07 Å². The van der Waals surface area contributed by atoms with Crippen LogP contribution >= 0.6 is 0 Å². The number of carbonyl (C=O) groups excluding carboxylic acids is 3. The van der Waals surface area contributed by atoms with Gasteiger partial charge in [-0.15, -0.1) is 0 Å². The van der Waals surface area contributed by atoms with Crippen LogP contribution in [-0.4, -0.2) is 93.3 Å². The highest BCUT2D eigenvalue weighted by molar-refractivity contribution is 7.86. The third-order valence-corrected chi connectivity index (χ3v) is 8.83. The van der Waals surface area contributed by atoms with Gasteiger partial charge in [0.15, 0.2) is 11.8 Å². The Hall–Kier alpha value is -6.21.